The number of likely N-dealkylation sites (tertiary alicyclic amines) is 1. The first-order valence-electron chi connectivity index (χ1n) is 15.2. The van der Waals surface area contributed by atoms with Gasteiger partial charge >= 0.3 is 0 Å². The van der Waals surface area contributed by atoms with Crippen molar-refractivity contribution in [3.8, 4) is 39.5 Å². The molecule has 8 nitrogen and oxygen atoms in total. The van der Waals surface area contributed by atoms with E-state index in [0.717, 1.165) is 81.8 Å². The molecule has 1 fully saturated rings. The van der Waals surface area contributed by atoms with Gasteiger partial charge < -0.3 is 14.6 Å². The van der Waals surface area contributed by atoms with Crippen molar-refractivity contribution in [2.24, 2.45) is 0 Å². The zero-order valence-corrected chi connectivity index (χ0v) is 25.1. The minimum atomic E-state index is -0.331. The smallest absolute Gasteiger partial charge is 0.127 e. The van der Waals surface area contributed by atoms with Gasteiger partial charge in [0.1, 0.15) is 23.9 Å². The predicted molar refractivity (Wildman–Crippen MR) is 173 cm³/mol. The van der Waals surface area contributed by atoms with Gasteiger partial charge in [-0.05, 0) is 93.1 Å². The van der Waals surface area contributed by atoms with Crippen molar-refractivity contribution in [2.75, 3.05) is 40.3 Å². The van der Waals surface area contributed by atoms with Gasteiger partial charge in [0.15, 0.2) is 0 Å². The maximum absolute atomic E-state index is 14.7. The van der Waals surface area contributed by atoms with Gasteiger partial charge in [0.2, 0.25) is 0 Å². The number of aromatic amines is 2. The number of piperidine rings is 1. The molecule has 9 heteroatoms. The largest absolute Gasteiger partial charge is 0.492 e. The third kappa shape index (κ3) is 5.93. The van der Waals surface area contributed by atoms with Crippen LogP contribution in [0.5, 0.6) is 5.75 Å². The Kier molecular flexibility index (Phi) is 7.80. The molecule has 0 atom stereocenters. The normalized spacial score (nSPS) is 14.2. The first-order chi connectivity index (χ1) is 21.5. The standard InChI is InChI=1S/C35H36FN7O/c1-42(2)11-12-44-27-15-24(14-26(36)16-27)28-7-6-8-31-29(28)17-33(39-31)35-30-18-32(38-21-34(30)40-41-35)25-13-23(19-37-20-25)22-43-9-4-3-5-10-43/h6-8,13-21,39H,3-5,9-12,22H2,1-2H3,(H,40,41). The summed E-state index contributed by atoms with van der Waals surface area (Å²) in [5.41, 5.74) is 8.18. The minimum Gasteiger partial charge on any atom is -0.492 e. The van der Waals surface area contributed by atoms with Crippen molar-refractivity contribution < 1.29 is 9.13 Å². The number of nitrogens with zero attached hydrogens (tertiary/aromatic N) is 5. The van der Waals surface area contributed by atoms with Gasteiger partial charge in [-0.3, -0.25) is 20.0 Å². The van der Waals surface area contributed by atoms with E-state index in [4.69, 9.17) is 9.72 Å². The number of pyridine rings is 2. The van der Waals surface area contributed by atoms with Gasteiger partial charge in [-0.25, -0.2) is 4.39 Å². The lowest BCUT2D eigenvalue weighted by molar-refractivity contribution is 0.220. The number of nitrogens with one attached hydrogen (secondary N) is 2. The van der Waals surface area contributed by atoms with Crippen LogP contribution in [0.25, 0.3) is 55.6 Å². The summed E-state index contributed by atoms with van der Waals surface area (Å²) in [7, 11) is 3.97. The average Bonchev–Trinajstić information content (AvgIpc) is 3.65. The van der Waals surface area contributed by atoms with Crippen LogP contribution in [-0.2, 0) is 6.54 Å². The van der Waals surface area contributed by atoms with Crippen LogP contribution in [0.15, 0.2) is 73.2 Å². The molecule has 1 aliphatic heterocycles. The van der Waals surface area contributed by atoms with Crippen molar-refractivity contribution >= 4 is 21.8 Å². The fraction of sp³-hybridized carbons (Fsp3) is 0.286. The second kappa shape index (κ2) is 12.2. The number of rotatable bonds is 9. The fourth-order valence-corrected chi connectivity index (χ4v) is 6.05. The summed E-state index contributed by atoms with van der Waals surface area (Å²) in [4.78, 5) is 17.3. The highest BCUT2D eigenvalue weighted by Crippen LogP contribution is 2.36. The second-order valence-electron chi connectivity index (χ2n) is 11.9. The van der Waals surface area contributed by atoms with E-state index in [1.807, 2.05) is 61.9 Å². The topological polar surface area (TPSA) is 86.0 Å². The summed E-state index contributed by atoms with van der Waals surface area (Å²) >= 11 is 0. The summed E-state index contributed by atoms with van der Waals surface area (Å²) in [5, 5.41) is 9.75. The molecule has 0 amide bonds. The van der Waals surface area contributed by atoms with Crippen molar-refractivity contribution in [3.05, 3.63) is 84.6 Å². The highest BCUT2D eigenvalue weighted by molar-refractivity contribution is 6.01. The van der Waals surface area contributed by atoms with Crippen molar-refractivity contribution in [3.63, 3.8) is 0 Å². The Morgan fingerprint density at radius 2 is 1.80 bits per heavy atom. The van der Waals surface area contributed by atoms with Gasteiger partial charge in [-0.1, -0.05) is 18.6 Å². The summed E-state index contributed by atoms with van der Waals surface area (Å²) < 4.78 is 20.6. The molecular weight excluding hydrogens is 553 g/mol. The summed E-state index contributed by atoms with van der Waals surface area (Å²) in [6.07, 6.45) is 9.51. The second-order valence-corrected chi connectivity index (χ2v) is 11.9. The molecule has 2 aromatic carbocycles. The highest BCUT2D eigenvalue weighted by Gasteiger charge is 2.17. The number of aromatic nitrogens is 5. The molecule has 4 aromatic heterocycles. The van der Waals surface area contributed by atoms with E-state index in [1.165, 1.54) is 30.9 Å². The molecule has 0 unspecified atom stereocenters. The fourth-order valence-electron chi connectivity index (χ4n) is 6.05. The SMILES string of the molecule is CN(C)CCOc1cc(F)cc(-c2cccc3[nH]c(-c4n[nH]c5cnc(-c6cncc(CN7CCCCC7)c6)cc45)cc23)c1. The lowest BCUT2D eigenvalue weighted by Crippen LogP contribution is -2.29. The lowest BCUT2D eigenvalue weighted by Gasteiger charge is -2.26. The number of H-pyrrole nitrogens is 2. The molecular formula is C35H36FN7O. The Balaban J connectivity index is 1.21. The molecule has 6 aromatic rings. The molecule has 0 spiro atoms. The number of hydrogen-bond acceptors (Lipinski definition) is 6. The molecule has 44 heavy (non-hydrogen) atoms. The molecule has 7 rings (SSSR count). The Morgan fingerprint density at radius 3 is 2.66 bits per heavy atom. The Hall–Kier alpha value is -4.60. The highest BCUT2D eigenvalue weighted by atomic mass is 19.1. The average molecular weight is 590 g/mol. The number of ether oxygens (including phenoxy) is 1. The van der Waals surface area contributed by atoms with E-state index in [2.05, 4.69) is 43.3 Å². The molecule has 5 heterocycles. The van der Waals surface area contributed by atoms with E-state index < -0.39 is 0 Å². The maximum Gasteiger partial charge on any atom is 0.127 e. The maximum atomic E-state index is 14.7. The molecule has 0 aliphatic carbocycles. The van der Waals surface area contributed by atoms with Crippen LogP contribution < -0.4 is 4.74 Å². The van der Waals surface area contributed by atoms with Gasteiger partial charge in [0.05, 0.1) is 23.1 Å². The van der Waals surface area contributed by atoms with E-state index in [9.17, 15) is 4.39 Å². The Bertz CT molecular complexity index is 1920. The van der Waals surface area contributed by atoms with Crippen LogP contribution in [0, 0.1) is 5.82 Å². The van der Waals surface area contributed by atoms with Gasteiger partial charge in [0.25, 0.3) is 0 Å². The third-order valence-corrected chi connectivity index (χ3v) is 8.30. The number of likely N-dealkylation sites (N-methyl/N-ethyl adjacent to an activating group) is 1. The van der Waals surface area contributed by atoms with Crippen LogP contribution in [0.2, 0.25) is 0 Å². The van der Waals surface area contributed by atoms with Crippen molar-refractivity contribution in [1.29, 1.82) is 0 Å². The van der Waals surface area contributed by atoms with Crippen LogP contribution in [0.4, 0.5) is 4.39 Å². The summed E-state index contributed by atoms with van der Waals surface area (Å²) in [6.45, 7) is 4.43. The lowest BCUT2D eigenvalue weighted by atomic mass is 10.0. The monoisotopic (exact) mass is 589 g/mol. The van der Waals surface area contributed by atoms with Crippen LogP contribution in [0.3, 0.4) is 0 Å². The van der Waals surface area contributed by atoms with Crippen LogP contribution >= 0.6 is 0 Å². The molecule has 0 radical (unpaired) electrons. The van der Waals surface area contributed by atoms with Crippen LogP contribution in [0.1, 0.15) is 24.8 Å². The van der Waals surface area contributed by atoms with E-state index in [1.54, 1.807) is 6.07 Å². The summed E-state index contributed by atoms with van der Waals surface area (Å²) in [6, 6.07) is 17.2. The van der Waals surface area contributed by atoms with Gasteiger partial charge in [-0.15, -0.1) is 0 Å². The number of fused-ring (bicyclic) bond motifs is 2. The third-order valence-electron chi connectivity index (χ3n) is 8.30. The Morgan fingerprint density at radius 1 is 0.909 bits per heavy atom. The number of hydrogen-bond donors (Lipinski definition) is 2. The molecule has 0 saturated carbocycles. The van der Waals surface area contributed by atoms with Crippen molar-refractivity contribution in [1.82, 2.24) is 34.9 Å². The van der Waals surface area contributed by atoms with Crippen molar-refractivity contribution in [2.45, 2.75) is 25.8 Å². The van der Waals surface area contributed by atoms with E-state index in [-0.39, 0.29) is 5.82 Å². The minimum absolute atomic E-state index is 0.331. The predicted octanol–water partition coefficient (Wildman–Crippen LogP) is 6.90. The van der Waals surface area contributed by atoms with E-state index in [0.29, 0.717) is 12.4 Å². The molecule has 224 valence electrons. The zero-order chi connectivity index (χ0) is 30.0. The number of halogens is 1. The first-order valence-corrected chi connectivity index (χ1v) is 15.2. The van der Waals surface area contributed by atoms with Crippen LogP contribution in [-0.4, -0.2) is 75.3 Å². The number of benzene rings is 2. The molecule has 2 N–H and O–H groups in total. The van der Waals surface area contributed by atoms with E-state index >= 15 is 0 Å². The molecule has 1 aliphatic rings. The van der Waals surface area contributed by atoms with Gasteiger partial charge in [-0.2, -0.15) is 5.10 Å². The zero-order valence-electron chi connectivity index (χ0n) is 25.1. The molecule has 1 saturated heterocycles. The Labute approximate surface area is 255 Å². The quantitative estimate of drug-likeness (QED) is 0.191. The molecule has 0 bridgehead atoms. The summed E-state index contributed by atoms with van der Waals surface area (Å²) in [5.74, 6) is 0.186. The van der Waals surface area contributed by atoms with Gasteiger partial charge in [0, 0.05) is 53.4 Å². The first kappa shape index (κ1) is 28.2.